The molecule has 0 amide bonds. The zero-order valence-electron chi connectivity index (χ0n) is 11.1. The molecule has 1 aromatic carbocycles. The minimum atomic E-state index is -0.776. The summed E-state index contributed by atoms with van der Waals surface area (Å²) in [5.41, 5.74) is 0.853. The Kier molecular flexibility index (Phi) is 6.44. The van der Waals surface area contributed by atoms with Crippen molar-refractivity contribution in [2.75, 3.05) is 6.61 Å². The van der Waals surface area contributed by atoms with Crippen LogP contribution in [-0.2, 0) is 9.53 Å². The average Bonchev–Trinajstić information content (AvgIpc) is 2.37. The molecule has 0 aromatic heterocycles. The Balaban J connectivity index is 2.76. The van der Waals surface area contributed by atoms with Gasteiger partial charge in [-0.2, -0.15) is 0 Å². The number of aliphatic carboxylic acids is 1. The van der Waals surface area contributed by atoms with Crippen molar-refractivity contribution in [2.45, 2.75) is 45.1 Å². The minimum absolute atomic E-state index is 0.0290. The van der Waals surface area contributed by atoms with Crippen LogP contribution in [0.1, 0.15) is 44.6 Å². The van der Waals surface area contributed by atoms with Gasteiger partial charge < -0.3 is 9.84 Å². The van der Waals surface area contributed by atoms with Gasteiger partial charge in [-0.3, -0.25) is 4.79 Å². The summed E-state index contributed by atoms with van der Waals surface area (Å²) in [6.07, 6.45) is 2.48. The van der Waals surface area contributed by atoms with Gasteiger partial charge in [-0.1, -0.05) is 43.7 Å². The molecule has 0 aliphatic heterocycles. The molecule has 1 aromatic rings. The maximum absolute atomic E-state index is 11.4. The maximum Gasteiger partial charge on any atom is 0.311 e. The zero-order chi connectivity index (χ0) is 13.4. The summed E-state index contributed by atoms with van der Waals surface area (Å²) >= 11 is 0. The van der Waals surface area contributed by atoms with E-state index in [1.165, 1.54) is 0 Å². The SMILES string of the molecule is CCCC(CC(C(=O)O)c1ccccc1)OCC. The standard InChI is InChI=1S/C15H22O3/c1-3-8-13(18-4-2)11-14(15(16)17)12-9-6-5-7-10-12/h5-7,9-10,13-14H,3-4,8,11H2,1-2H3,(H,16,17). The number of ether oxygens (including phenoxy) is 1. The van der Waals surface area contributed by atoms with E-state index in [1.807, 2.05) is 37.3 Å². The van der Waals surface area contributed by atoms with Crippen molar-refractivity contribution in [2.24, 2.45) is 0 Å². The Morgan fingerprint density at radius 2 is 1.94 bits per heavy atom. The minimum Gasteiger partial charge on any atom is -0.481 e. The Morgan fingerprint density at radius 3 is 2.44 bits per heavy atom. The molecule has 0 saturated carbocycles. The molecule has 0 bridgehead atoms. The Labute approximate surface area is 109 Å². The summed E-state index contributed by atoms with van der Waals surface area (Å²) in [7, 11) is 0. The molecular weight excluding hydrogens is 228 g/mol. The summed E-state index contributed by atoms with van der Waals surface area (Å²) in [5, 5.41) is 9.36. The normalized spacial score (nSPS) is 14.1. The van der Waals surface area contributed by atoms with Crippen LogP contribution in [0.2, 0.25) is 0 Å². The number of carboxylic acids is 1. The highest BCUT2D eigenvalue weighted by Gasteiger charge is 2.24. The fraction of sp³-hybridized carbons (Fsp3) is 0.533. The first-order chi connectivity index (χ1) is 8.69. The van der Waals surface area contributed by atoms with Gasteiger partial charge in [0.05, 0.1) is 12.0 Å². The second kappa shape index (κ2) is 7.88. The van der Waals surface area contributed by atoms with Gasteiger partial charge in [0.1, 0.15) is 0 Å². The lowest BCUT2D eigenvalue weighted by Gasteiger charge is -2.21. The highest BCUT2D eigenvalue weighted by atomic mass is 16.5. The van der Waals surface area contributed by atoms with Crippen LogP contribution in [0, 0.1) is 0 Å². The third-order valence-corrected chi connectivity index (χ3v) is 3.01. The molecule has 0 radical (unpaired) electrons. The van der Waals surface area contributed by atoms with Gasteiger partial charge in [-0.15, -0.1) is 0 Å². The second-order valence-electron chi connectivity index (χ2n) is 4.40. The first-order valence-corrected chi connectivity index (χ1v) is 6.58. The van der Waals surface area contributed by atoms with Crippen molar-refractivity contribution in [3.05, 3.63) is 35.9 Å². The number of benzene rings is 1. The average molecular weight is 250 g/mol. The zero-order valence-corrected chi connectivity index (χ0v) is 11.1. The molecular formula is C15H22O3. The number of carbonyl (C=O) groups is 1. The molecule has 0 aliphatic carbocycles. The first kappa shape index (κ1) is 14.7. The number of hydrogen-bond acceptors (Lipinski definition) is 2. The molecule has 0 aliphatic rings. The van der Waals surface area contributed by atoms with Crippen molar-refractivity contribution in [3.63, 3.8) is 0 Å². The lowest BCUT2D eigenvalue weighted by Crippen LogP contribution is -2.21. The summed E-state index contributed by atoms with van der Waals surface area (Å²) < 4.78 is 5.62. The van der Waals surface area contributed by atoms with E-state index in [2.05, 4.69) is 6.92 Å². The summed E-state index contributed by atoms with van der Waals surface area (Å²) in [6.45, 7) is 4.66. The fourth-order valence-corrected chi connectivity index (χ4v) is 2.15. The van der Waals surface area contributed by atoms with E-state index in [0.29, 0.717) is 13.0 Å². The summed E-state index contributed by atoms with van der Waals surface area (Å²) in [4.78, 5) is 11.4. The molecule has 1 rings (SSSR count). The van der Waals surface area contributed by atoms with Crippen LogP contribution in [0.25, 0.3) is 0 Å². The van der Waals surface area contributed by atoms with Crippen LogP contribution in [-0.4, -0.2) is 23.8 Å². The maximum atomic E-state index is 11.4. The van der Waals surface area contributed by atoms with Crippen molar-refractivity contribution < 1.29 is 14.6 Å². The molecule has 0 spiro atoms. The van der Waals surface area contributed by atoms with Crippen LogP contribution in [0.4, 0.5) is 0 Å². The van der Waals surface area contributed by atoms with Crippen LogP contribution >= 0.6 is 0 Å². The Morgan fingerprint density at radius 1 is 1.28 bits per heavy atom. The van der Waals surface area contributed by atoms with Gasteiger partial charge in [-0.05, 0) is 25.3 Å². The fourth-order valence-electron chi connectivity index (χ4n) is 2.15. The molecule has 0 saturated heterocycles. The third-order valence-electron chi connectivity index (χ3n) is 3.01. The van der Waals surface area contributed by atoms with E-state index in [-0.39, 0.29) is 6.10 Å². The van der Waals surface area contributed by atoms with E-state index in [1.54, 1.807) is 0 Å². The number of carboxylic acid groups (broad SMARTS) is 1. The molecule has 3 nitrogen and oxygen atoms in total. The molecule has 100 valence electrons. The van der Waals surface area contributed by atoms with Crippen molar-refractivity contribution >= 4 is 5.97 Å². The van der Waals surface area contributed by atoms with Crippen LogP contribution in [0.5, 0.6) is 0 Å². The van der Waals surface area contributed by atoms with E-state index in [9.17, 15) is 9.90 Å². The Bertz CT molecular complexity index is 342. The molecule has 18 heavy (non-hydrogen) atoms. The van der Waals surface area contributed by atoms with Gasteiger partial charge in [0.25, 0.3) is 0 Å². The van der Waals surface area contributed by atoms with Crippen molar-refractivity contribution in [3.8, 4) is 0 Å². The third kappa shape index (κ3) is 4.49. The van der Waals surface area contributed by atoms with Gasteiger partial charge in [-0.25, -0.2) is 0 Å². The molecule has 0 fully saturated rings. The first-order valence-electron chi connectivity index (χ1n) is 6.58. The summed E-state index contributed by atoms with van der Waals surface area (Å²) in [6, 6.07) is 9.39. The highest BCUT2D eigenvalue weighted by molar-refractivity contribution is 5.76. The highest BCUT2D eigenvalue weighted by Crippen LogP contribution is 2.24. The molecule has 1 N–H and O–H groups in total. The molecule has 2 unspecified atom stereocenters. The van der Waals surface area contributed by atoms with Crippen molar-refractivity contribution in [1.29, 1.82) is 0 Å². The van der Waals surface area contributed by atoms with Gasteiger partial charge in [0, 0.05) is 6.61 Å². The monoisotopic (exact) mass is 250 g/mol. The van der Waals surface area contributed by atoms with Crippen LogP contribution in [0.3, 0.4) is 0 Å². The van der Waals surface area contributed by atoms with E-state index >= 15 is 0 Å². The summed E-state index contributed by atoms with van der Waals surface area (Å²) in [5.74, 6) is -1.25. The van der Waals surface area contributed by atoms with E-state index in [0.717, 1.165) is 18.4 Å². The van der Waals surface area contributed by atoms with Gasteiger partial charge >= 0.3 is 5.97 Å². The van der Waals surface area contributed by atoms with E-state index in [4.69, 9.17) is 4.74 Å². The molecule has 2 atom stereocenters. The van der Waals surface area contributed by atoms with E-state index < -0.39 is 11.9 Å². The lowest BCUT2D eigenvalue weighted by atomic mass is 9.92. The van der Waals surface area contributed by atoms with Crippen LogP contribution < -0.4 is 0 Å². The Hall–Kier alpha value is -1.35. The smallest absolute Gasteiger partial charge is 0.311 e. The lowest BCUT2D eigenvalue weighted by molar-refractivity contribution is -0.140. The van der Waals surface area contributed by atoms with Crippen molar-refractivity contribution in [1.82, 2.24) is 0 Å². The van der Waals surface area contributed by atoms with Gasteiger partial charge in [0.15, 0.2) is 0 Å². The molecule has 3 heteroatoms. The number of rotatable bonds is 8. The second-order valence-corrected chi connectivity index (χ2v) is 4.40. The quantitative estimate of drug-likeness (QED) is 0.768. The van der Waals surface area contributed by atoms with Crippen LogP contribution in [0.15, 0.2) is 30.3 Å². The van der Waals surface area contributed by atoms with Gasteiger partial charge in [0.2, 0.25) is 0 Å². The molecule has 0 heterocycles. The largest absolute Gasteiger partial charge is 0.481 e. The predicted octanol–water partition coefficient (Wildman–Crippen LogP) is 3.45. The number of hydrogen-bond donors (Lipinski definition) is 1. The predicted molar refractivity (Wildman–Crippen MR) is 71.8 cm³/mol. The topological polar surface area (TPSA) is 46.5 Å².